The lowest BCUT2D eigenvalue weighted by molar-refractivity contribution is 0.454. The van der Waals surface area contributed by atoms with Crippen LogP contribution in [0, 0.1) is 5.82 Å². The molecular weight excluding hydrogens is 301 g/mol. The van der Waals surface area contributed by atoms with Gasteiger partial charge < -0.3 is 10.1 Å². The van der Waals surface area contributed by atoms with Gasteiger partial charge in [-0.25, -0.2) is 9.37 Å². The first-order valence-corrected chi connectivity index (χ1v) is 7.52. The summed E-state index contributed by atoms with van der Waals surface area (Å²) >= 11 is 7.13. The van der Waals surface area contributed by atoms with E-state index in [-0.39, 0.29) is 5.02 Å². The molecule has 0 aliphatic heterocycles. The lowest BCUT2D eigenvalue weighted by atomic mass is 10.3. The fourth-order valence-electron chi connectivity index (χ4n) is 1.48. The number of nitrogens with one attached hydrogen (secondary N) is 1. The number of benzene rings is 1. The van der Waals surface area contributed by atoms with Gasteiger partial charge in [-0.1, -0.05) is 23.4 Å². The zero-order chi connectivity index (χ0) is 14.5. The van der Waals surface area contributed by atoms with Gasteiger partial charge in [0.05, 0.1) is 5.02 Å². The van der Waals surface area contributed by atoms with Crippen molar-refractivity contribution >= 4 is 29.2 Å². The fourth-order valence-corrected chi connectivity index (χ4v) is 2.02. The molecule has 1 heterocycles. The average Bonchev–Trinajstić information content (AvgIpc) is 2.43. The lowest BCUT2D eigenvalue weighted by Crippen LogP contribution is -2.02. The van der Waals surface area contributed by atoms with Crippen molar-refractivity contribution in [2.24, 2.45) is 0 Å². The molecule has 1 N–H and O–H groups in total. The van der Waals surface area contributed by atoms with Gasteiger partial charge >= 0.3 is 0 Å². The van der Waals surface area contributed by atoms with E-state index in [0.717, 1.165) is 6.54 Å². The maximum absolute atomic E-state index is 13.1. The molecule has 4 nitrogen and oxygen atoms in total. The molecule has 1 aromatic heterocycles. The van der Waals surface area contributed by atoms with E-state index in [0.29, 0.717) is 22.6 Å². The minimum absolute atomic E-state index is 0.00792. The second-order valence-corrected chi connectivity index (χ2v) is 4.97. The second kappa shape index (κ2) is 6.76. The summed E-state index contributed by atoms with van der Waals surface area (Å²) in [5.74, 6) is 0.988. The van der Waals surface area contributed by atoms with Crippen molar-refractivity contribution in [2.45, 2.75) is 12.1 Å². The Morgan fingerprint density at radius 1 is 1.35 bits per heavy atom. The molecule has 0 aliphatic carbocycles. The predicted octanol–water partition coefficient (Wildman–Crippen LogP) is 4.22. The molecule has 0 fully saturated rings. The van der Waals surface area contributed by atoms with Gasteiger partial charge in [-0.3, -0.25) is 0 Å². The first-order chi connectivity index (χ1) is 9.62. The van der Waals surface area contributed by atoms with Crippen LogP contribution < -0.4 is 10.1 Å². The van der Waals surface area contributed by atoms with Gasteiger partial charge in [-0.05, 0) is 25.3 Å². The zero-order valence-electron chi connectivity index (χ0n) is 11.0. The maximum atomic E-state index is 13.1. The molecule has 0 spiro atoms. The molecule has 2 aromatic rings. The lowest BCUT2D eigenvalue weighted by Gasteiger charge is -2.09. The molecule has 2 rings (SSSR count). The Morgan fingerprint density at radius 2 is 2.15 bits per heavy atom. The summed E-state index contributed by atoms with van der Waals surface area (Å²) < 4.78 is 18.7. The highest BCUT2D eigenvalue weighted by Crippen LogP contribution is 2.27. The van der Waals surface area contributed by atoms with Crippen LogP contribution in [0.3, 0.4) is 0 Å². The molecule has 0 saturated carbocycles. The second-order valence-electron chi connectivity index (χ2n) is 3.79. The molecule has 106 valence electrons. The smallest absolute Gasteiger partial charge is 0.225 e. The van der Waals surface area contributed by atoms with E-state index in [1.807, 2.05) is 13.2 Å². The molecular formula is C13H13ClFN3OS. The average molecular weight is 314 g/mol. The third-order valence-electron chi connectivity index (χ3n) is 2.34. The van der Waals surface area contributed by atoms with Crippen molar-refractivity contribution in [3.05, 3.63) is 35.1 Å². The molecule has 0 amide bonds. The van der Waals surface area contributed by atoms with Crippen molar-refractivity contribution in [1.29, 1.82) is 0 Å². The van der Waals surface area contributed by atoms with E-state index in [2.05, 4.69) is 15.3 Å². The number of aromatic nitrogens is 2. The van der Waals surface area contributed by atoms with Crippen molar-refractivity contribution < 1.29 is 9.13 Å². The van der Waals surface area contributed by atoms with Gasteiger partial charge in [0, 0.05) is 18.7 Å². The van der Waals surface area contributed by atoms with E-state index in [1.165, 1.54) is 30.0 Å². The predicted molar refractivity (Wildman–Crippen MR) is 79.5 cm³/mol. The molecule has 0 atom stereocenters. The Labute approximate surface area is 125 Å². The van der Waals surface area contributed by atoms with Gasteiger partial charge in [0.25, 0.3) is 0 Å². The number of nitrogens with zero attached hydrogens (tertiary/aromatic N) is 2. The molecule has 20 heavy (non-hydrogen) atoms. The van der Waals surface area contributed by atoms with Crippen LogP contribution >= 0.6 is 23.4 Å². The summed E-state index contributed by atoms with van der Waals surface area (Å²) in [6.07, 6.45) is 1.88. The standard InChI is InChI=1S/C13H13ClFN3OS/c1-3-16-11-7-12(18-13(17-11)20-2)19-8-4-5-10(15)9(14)6-8/h4-7H,3H2,1-2H3,(H,16,17,18). The van der Waals surface area contributed by atoms with Gasteiger partial charge in [0.15, 0.2) is 5.16 Å². The van der Waals surface area contributed by atoms with Crippen LogP contribution in [0.25, 0.3) is 0 Å². The molecule has 0 unspecified atom stereocenters. The molecule has 7 heteroatoms. The quantitative estimate of drug-likeness (QED) is 0.661. The van der Waals surface area contributed by atoms with Gasteiger partial charge in [-0.2, -0.15) is 4.98 Å². The number of hydrogen-bond acceptors (Lipinski definition) is 5. The minimum atomic E-state index is -0.486. The molecule has 0 aliphatic rings. The van der Waals surface area contributed by atoms with Crippen LogP contribution in [-0.4, -0.2) is 22.8 Å². The van der Waals surface area contributed by atoms with Crippen LogP contribution in [0.2, 0.25) is 5.02 Å². The third-order valence-corrected chi connectivity index (χ3v) is 3.17. The van der Waals surface area contributed by atoms with Crippen LogP contribution in [0.15, 0.2) is 29.4 Å². The highest BCUT2D eigenvalue weighted by Gasteiger charge is 2.07. The van der Waals surface area contributed by atoms with Crippen molar-refractivity contribution in [3.63, 3.8) is 0 Å². The molecule has 1 aromatic carbocycles. The Bertz CT molecular complexity index is 612. The monoisotopic (exact) mass is 313 g/mol. The summed E-state index contributed by atoms with van der Waals surface area (Å²) in [5, 5.41) is 3.70. The van der Waals surface area contributed by atoms with Crippen LogP contribution in [-0.2, 0) is 0 Å². The van der Waals surface area contributed by atoms with Crippen molar-refractivity contribution in [1.82, 2.24) is 9.97 Å². The highest BCUT2D eigenvalue weighted by atomic mass is 35.5. The maximum Gasteiger partial charge on any atom is 0.225 e. The highest BCUT2D eigenvalue weighted by molar-refractivity contribution is 7.98. The Hall–Kier alpha value is -1.53. The third kappa shape index (κ3) is 3.74. The number of ether oxygens (including phenoxy) is 1. The van der Waals surface area contributed by atoms with Gasteiger partial charge in [0.2, 0.25) is 5.88 Å². The summed E-state index contributed by atoms with van der Waals surface area (Å²) in [5.41, 5.74) is 0. The van der Waals surface area contributed by atoms with E-state index in [9.17, 15) is 4.39 Å². The molecule has 0 radical (unpaired) electrons. The summed E-state index contributed by atoms with van der Waals surface area (Å²) in [7, 11) is 0. The molecule has 0 bridgehead atoms. The Balaban J connectivity index is 2.27. The van der Waals surface area contributed by atoms with Crippen LogP contribution in [0.5, 0.6) is 11.6 Å². The van der Waals surface area contributed by atoms with E-state index in [1.54, 1.807) is 6.07 Å². The van der Waals surface area contributed by atoms with Gasteiger partial charge in [0.1, 0.15) is 17.4 Å². The number of anilines is 1. The Kier molecular flexibility index (Phi) is 5.03. The number of rotatable bonds is 5. The van der Waals surface area contributed by atoms with Crippen LogP contribution in [0.1, 0.15) is 6.92 Å². The Morgan fingerprint density at radius 3 is 2.80 bits per heavy atom. The minimum Gasteiger partial charge on any atom is -0.439 e. The van der Waals surface area contributed by atoms with E-state index in [4.69, 9.17) is 16.3 Å². The van der Waals surface area contributed by atoms with Crippen LogP contribution in [0.4, 0.5) is 10.2 Å². The normalized spacial score (nSPS) is 10.4. The molecule has 0 saturated heterocycles. The number of halogens is 2. The fraction of sp³-hybridized carbons (Fsp3) is 0.231. The first-order valence-electron chi connectivity index (χ1n) is 5.92. The topological polar surface area (TPSA) is 47.0 Å². The first kappa shape index (κ1) is 14.9. The van der Waals surface area contributed by atoms with Gasteiger partial charge in [-0.15, -0.1) is 0 Å². The summed E-state index contributed by atoms with van der Waals surface area (Å²) in [6.45, 7) is 2.72. The zero-order valence-corrected chi connectivity index (χ0v) is 12.6. The van der Waals surface area contributed by atoms with E-state index < -0.39 is 5.82 Å². The number of hydrogen-bond donors (Lipinski definition) is 1. The SMILES string of the molecule is CCNc1cc(Oc2ccc(F)c(Cl)c2)nc(SC)n1. The largest absolute Gasteiger partial charge is 0.439 e. The summed E-state index contributed by atoms with van der Waals surface area (Å²) in [6, 6.07) is 5.83. The van der Waals surface area contributed by atoms with E-state index >= 15 is 0 Å². The summed E-state index contributed by atoms with van der Waals surface area (Å²) in [4.78, 5) is 8.52. The number of thioether (sulfide) groups is 1. The van der Waals surface area contributed by atoms with Crippen molar-refractivity contribution in [3.8, 4) is 11.6 Å². The van der Waals surface area contributed by atoms with Crippen molar-refractivity contribution in [2.75, 3.05) is 18.1 Å².